The Hall–Kier alpha value is -2.13. The monoisotopic (exact) mass is 313 g/mol. The van der Waals surface area contributed by atoms with Crippen LogP contribution in [0, 0.1) is 5.95 Å². The molecule has 0 aliphatic carbocycles. The van der Waals surface area contributed by atoms with E-state index in [1.165, 1.54) is 0 Å². The first-order valence-corrected chi connectivity index (χ1v) is 5.40. The molecule has 0 saturated carbocycles. The number of rotatable bonds is 2. The lowest BCUT2D eigenvalue weighted by atomic mass is 10.0. The molecule has 0 radical (unpaired) electrons. The maximum Gasteiger partial charge on any atom is 0.416 e. The summed E-state index contributed by atoms with van der Waals surface area (Å²) in [7, 11) is 0. The Bertz CT molecular complexity index is 610. The molecule has 1 heterocycles. The first-order valence-electron chi connectivity index (χ1n) is 5.40. The van der Waals surface area contributed by atoms with Crippen LogP contribution < -0.4 is 0 Å². The van der Waals surface area contributed by atoms with Gasteiger partial charge in [0.05, 0.1) is 17.7 Å². The number of alkyl halides is 6. The third kappa shape index (κ3) is 3.50. The van der Waals surface area contributed by atoms with Crippen LogP contribution in [0.1, 0.15) is 16.7 Å². The van der Waals surface area contributed by atoms with Gasteiger partial charge in [-0.2, -0.15) is 30.7 Å². The maximum absolute atomic E-state index is 13.1. The van der Waals surface area contributed by atoms with E-state index < -0.39 is 36.0 Å². The predicted molar refractivity (Wildman–Crippen MR) is 55.5 cm³/mol. The molecule has 1 aromatic heterocycles. The summed E-state index contributed by atoms with van der Waals surface area (Å²) in [6, 6.07) is 1.02. The Balaban J connectivity index is 2.48. The Morgan fingerprint density at radius 1 is 0.905 bits per heavy atom. The highest BCUT2D eigenvalue weighted by atomic mass is 19.4. The summed E-state index contributed by atoms with van der Waals surface area (Å²) in [5, 5.41) is 6.38. The Labute approximate surface area is 113 Å². The van der Waals surface area contributed by atoms with Crippen molar-refractivity contribution in [3.8, 4) is 0 Å². The topological polar surface area (TPSA) is 30.7 Å². The molecular formula is C11H6F7N3. The fourth-order valence-electron chi connectivity index (χ4n) is 1.64. The second-order valence-electron chi connectivity index (χ2n) is 4.13. The summed E-state index contributed by atoms with van der Waals surface area (Å²) >= 11 is 0. The van der Waals surface area contributed by atoms with Gasteiger partial charge >= 0.3 is 12.4 Å². The molecule has 2 aromatic rings. The Morgan fingerprint density at radius 3 is 1.81 bits per heavy atom. The number of hydrogen-bond acceptors (Lipinski definition) is 2. The molecule has 21 heavy (non-hydrogen) atoms. The molecule has 10 heteroatoms. The fourth-order valence-corrected chi connectivity index (χ4v) is 1.64. The SMILES string of the molecule is Fc1cnnn1Cc1cc(C(F)(F)F)cc(C(F)(F)F)c1. The summed E-state index contributed by atoms with van der Waals surface area (Å²) in [5.74, 6) is -0.971. The van der Waals surface area contributed by atoms with Crippen LogP contribution in [0.25, 0.3) is 0 Å². The Morgan fingerprint density at radius 2 is 1.43 bits per heavy atom. The number of hydrogen-bond donors (Lipinski definition) is 0. The van der Waals surface area contributed by atoms with Gasteiger partial charge in [0.2, 0.25) is 5.95 Å². The van der Waals surface area contributed by atoms with Gasteiger partial charge in [0, 0.05) is 0 Å². The van der Waals surface area contributed by atoms with E-state index in [4.69, 9.17) is 0 Å². The molecule has 0 saturated heterocycles. The molecule has 3 nitrogen and oxygen atoms in total. The summed E-state index contributed by atoms with van der Waals surface area (Å²) in [6.07, 6.45) is -9.20. The van der Waals surface area contributed by atoms with E-state index >= 15 is 0 Å². The minimum absolute atomic E-state index is 0.00119. The van der Waals surface area contributed by atoms with Crippen molar-refractivity contribution in [2.45, 2.75) is 18.9 Å². The zero-order valence-electron chi connectivity index (χ0n) is 10.0. The third-order valence-corrected chi connectivity index (χ3v) is 2.55. The second kappa shape index (κ2) is 5.01. The molecule has 114 valence electrons. The van der Waals surface area contributed by atoms with Gasteiger partial charge in [-0.15, -0.1) is 5.10 Å². The average Bonchev–Trinajstić information content (AvgIpc) is 2.72. The van der Waals surface area contributed by atoms with Crippen LogP contribution >= 0.6 is 0 Å². The summed E-state index contributed by atoms with van der Waals surface area (Å²) < 4.78 is 89.4. The normalized spacial score (nSPS) is 12.7. The van der Waals surface area contributed by atoms with E-state index in [9.17, 15) is 30.7 Å². The van der Waals surface area contributed by atoms with E-state index in [0.717, 1.165) is 0 Å². The zero-order chi connectivity index (χ0) is 15.8. The zero-order valence-corrected chi connectivity index (χ0v) is 10.0. The van der Waals surface area contributed by atoms with E-state index in [1.54, 1.807) is 0 Å². The number of benzene rings is 1. The van der Waals surface area contributed by atoms with Crippen LogP contribution in [-0.2, 0) is 18.9 Å². The smallest absolute Gasteiger partial charge is 0.215 e. The summed E-state index contributed by atoms with van der Waals surface area (Å²) in [4.78, 5) is 0. The number of halogens is 7. The molecule has 0 fully saturated rings. The highest BCUT2D eigenvalue weighted by Gasteiger charge is 2.36. The van der Waals surface area contributed by atoms with Crippen LogP contribution in [0.5, 0.6) is 0 Å². The fraction of sp³-hybridized carbons (Fsp3) is 0.273. The van der Waals surface area contributed by atoms with Gasteiger partial charge in [-0.3, -0.25) is 0 Å². The van der Waals surface area contributed by atoms with Gasteiger partial charge in [0.1, 0.15) is 6.20 Å². The first kappa shape index (κ1) is 15.3. The minimum atomic E-state index is -4.95. The molecule has 0 aliphatic heterocycles. The molecule has 0 aliphatic rings. The molecule has 0 bridgehead atoms. The van der Waals surface area contributed by atoms with Crippen LogP contribution in [0.4, 0.5) is 30.7 Å². The Kier molecular flexibility index (Phi) is 3.64. The van der Waals surface area contributed by atoms with Crippen LogP contribution in [0.3, 0.4) is 0 Å². The molecule has 0 unspecified atom stereocenters. The van der Waals surface area contributed by atoms with Crippen LogP contribution in [0.15, 0.2) is 24.4 Å². The molecule has 2 rings (SSSR count). The van der Waals surface area contributed by atoms with Crippen LogP contribution in [-0.4, -0.2) is 15.0 Å². The molecule has 0 spiro atoms. The predicted octanol–water partition coefficient (Wildman–Crippen LogP) is 3.50. The minimum Gasteiger partial charge on any atom is -0.215 e. The van der Waals surface area contributed by atoms with Crippen molar-refractivity contribution < 1.29 is 30.7 Å². The lowest BCUT2D eigenvalue weighted by Gasteiger charge is -2.14. The highest BCUT2D eigenvalue weighted by Crippen LogP contribution is 2.36. The summed E-state index contributed by atoms with van der Waals surface area (Å²) in [6.45, 7) is -0.598. The standard InChI is InChI=1S/C11H6F7N3/c12-9-4-19-20-21(9)5-6-1-7(10(13,14)15)3-8(2-6)11(16,17)18/h1-4H,5H2. The van der Waals surface area contributed by atoms with E-state index in [0.29, 0.717) is 23.0 Å². The largest absolute Gasteiger partial charge is 0.416 e. The van der Waals surface area contributed by atoms with Gasteiger partial charge in [-0.25, -0.2) is 4.68 Å². The molecule has 0 amide bonds. The van der Waals surface area contributed by atoms with Crippen molar-refractivity contribution in [2.24, 2.45) is 0 Å². The van der Waals surface area contributed by atoms with Crippen molar-refractivity contribution in [2.75, 3.05) is 0 Å². The number of nitrogens with zero attached hydrogens (tertiary/aromatic N) is 3. The van der Waals surface area contributed by atoms with Gasteiger partial charge < -0.3 is 0 Å². The van der Waals surface area contributed by atoms with Gasteiger partial charge in [-0.1, -0.05) is 5.21 Å². The molecule has 0 atom stereocenters. The second-order valence-corrected chi connectivity index (χ2v) is 4.13. The summed E-state index contributed by atoms with van der Waals surface area (Å²) in [5.41, 5.74) is -3.32. The molecule has 1 aromatic carbocycles. The van der Waals surface area contributed by atoms with Crippen molar-refractivity contribution in [3.63, 3.8) is 0 Å². The van der Waals surface area contributed by atoms with E-state index in [2.05, 4.69) is 10.3 Å². The maximum atomic E-state index is 13.1. The van der Waals surface area contributed by atoms with Gasteiger partial charge in [0.25, 0.3) is 0 Å². The molecular weight excluding hydrogens is 307 g/mol. The lowest BCUT2D eigenvalue weighted by Crippen LogP contribution is -2.13. The van der Waals surface area contributed by atoms with E-state index in [1.807, 2.05) is 0 Å². The van der Waals surface area contributed by atoms with Crippen molar-refractivity contribution >= 4 is 0 Å². The molecule has 0 N–H and O–H groups in total. The lowest BCUT2D eigenvalue weighted by molar-refractivity contribution is -0.143. The third-order valence-electron chi connectivity index (χ3n) is 2.55. The first-order chi connectivity index (χ1) is 9.57. The average molecular weight is 313 g/mol. The van der Waals surface area contributed by atoms with Crippen molar-refractivity contribution in [3.05, 3.63) is 47.0 Å². The van der Waals surface area contributed by atoms with Gasteiger partial charge in [0.15, 0.2) is 0 Å². The van der Waals surface area contributed by atoms with Crippen molar-refractivity contribution in [1.82, 2.24) is 15.0 Å². The number of aromatic nitrogens is 3. The highest BCUT2D eigenvalue weighted by molar-refractivity contribution is 5.33. The van der Waals surface area contributed by atoms with E-state index in [-0.39, 0.29) is 11.6 Å². The van der Waals surface area contributed by atoms with Gasteiger partial charge in [-0.05, 0) is 23.8 Å². The van der Waals surface area contributed by atoms with Crippen molar-refractivity contribution in [1.29, 1.82) is 0 Å². The van der Waals surface area contributed by atoms with Crippen LogP contribution in [0.2, 0.25) is 0 Å². The quantitative estimate of drug-likeness (QED) is 0.795.